The Balaban J connectivity index is 2.13. The molecule has 0 heterocycles. The minimum absolute atomic E-state index is 0.317. The molecule has 0 aromatic heterocycles. The van der Waals surface area contributed by atoms with Gasteiger partial charge in [-0.3, -0.25) is 0 Å². The molecule has 3 unspecified atom stereocenters. The van der Waals surface area contributed by atoms with E-state index in [0.717, 1.165) is 31.2 Å². The van der Waals surface area contributed by atoms with Crippen LogP contribution in [0, 0.1) is 11.8 Å². The summed E-state index contributed by atoms with van der Waals surface area (Å²) < 4.78 is 0. The predicted octanol–water partition coefficient (Wildman–Crippen LogP) is 4.66. The van der Waals surface area contributed by atoms with E-state index in [2.05, 4.69) is 51.1 Å². The van der Waals surface area contributed by atoms with E-state index in [1.807, 2.05) is 0 Å². The molecule has 0 spiro atoms. The van der Waals surface area contributed by atoms with Crippen molar-refractivity contribution in [2.45, 2.75) is 52.6 Å². The SMILES string of the molecule is CCCc1cccc(C(O)C2CC(C)=CC(C)C2)c1. The molecule has 0 fully saturated rings. The van der Waals surface area contributed by atoms with Gasteiger partial charge in [0.15, 0.2) is 0 Å². The molecule has 2 rings (SSSR count). The zero-order valence-electron chi connectivity index (χ0n) is 12.4. The van der Waals surface area contributed by atoms with Crippen LogP contribution in [0.3, 0.4) is 0 Å². The third kappa shape index (κ3) is 3.70. The van der Waals surface area contributed by atoms with Crippen molar-refractivity contribution in [3.05, 3.63) is 47.0 Å². The van der Waals surface area contributed by atoms with Crippen LogP contribution in [-0.2, 0) is 6.42 Å². The van der Waals surface area contributed by atoms with E-state index in [0.29, 0.717) is 11.8 Å². The standard InChI is InChI=1S/C18H26O/c1-4-6-15-7-5-8-16(12-15)18(19)17-10-13(2)9-14(3)11-17/h5,7-9,12-13,17-19H,4,6,10-11H2,1-3H3. The lowest BCUT2D eigenvalue weighted by Crippen LogP contribution is -2.19. The van der Waals surface area contributed by atoms with Crippen LogP contribution in [0.1, 0.15) is 57.3 Å². The number of hydrogen-bond donors (Lipinski definition) is 1. The fourth-order valence-electron chi connectivity index (χ4n) is 3.33. The van der Waals surface area contributed by atoms with Gasteiger partial charge in [-0.1, -0.05) is 56.2 Å². The van der Waals surface area contributed by atoms with Crippen molar-refractivity contribution < 1.29 is 5.11 Å². The molecule has 0 aliphatic heterocycles. The van der Waals surface area contributed by atoms with Gasteiger partial charge in [-0.2, -0.15) is 0 Å². The first kappa shape index (κ1) is 14.3. The fraction of sp³-hybridized carbons (Fsp3) is 0.556. The lowest BCUT2D eigenvalue weighted by atomic mass is 9.78. The number of aryl methyl sites for hydroxylation is 1. The van der Waals surface area contributed by atoms with Crippen molar-refractivity contribution in [2.24, 2.45) is 11.8 Å². The second-order valence-electron chi connectivity index (χ2n) is 6.13. The van der Waals surface area contributed by atoms with Gasteiger partial charge in [0, 0.05) is 0 Å². The predicted molar refractivity (Wildman–Crippen MR) is 81.0 cm³/mol. The van der Waals surface area contributed by atoms with Crippen molar-refractivity contribution in [3.63, 3.8) is 0 Å². The zero-order valence-corrected chi connectivity index (χ0v) is 12.4. The van der Waals surface area contributed by atoms with Crippen molar-refractivity contribution in [3.8, 4) is 0 Å². The lowest BCUT2D eigenvalue weighted by molar-refractivity contribution is 0.0932. The highest BCUT2D eigenvalue weighted by Gasteiger charge is 2.25. The molecule has 1 aliphatic carbocycles. The molecule has 0 bridgehead atoms. The van der Waals surface area contributed by atoms with E-state index >= 15 is 0 Å². The first-order valence-electron chi connectivity index (χ1n) is 7.54. The highest BCUT2D eigenvalue weighted by atomic mass is 16.3. The first-order chi connectivity index (χ1) is 9.10. The van der Waals surface area contributed by atoms with Gasteiger partial charge in [0.05, 0.1) is 6.10 Å². The molecular weight excluding hydrogens is 232 g/mol. The maximum atomic E-state index is 10.6. The summed E-state index contributed by atoms with van der Waals surface area (Å²) in [6, 6.07) is 8.50. The molecule has 1 aliphatic rings. The Bertz CT molecular complexity index is 447. The molecule has 1 aromatic carbocycles. The number of hydrogen-bond acceptors (Lipinski definition) is 1. The van der Waals surface area contributed by atoms with Crippen LogP contribution in [0.2, 0.25) is 0 Å². The summed E-state index contributed by atoms with van der Waals surface area (Å²) in [5.74, 6) is 0.962. The van der Waals surface area contributed by atoms with Crippen LogP contribution < -0.4 is 0 Å². The molecule has 1 heteroatoms. The van der Waals surface area contributed by atoms with Crippen LogP contribution in [-0.4, -0.2) is 5.11 Å². The molecule has 1 aromatic rings. The van der Waals surface area contributed by atoms with Gasteiger partial charge in [0.25, 0.3) is 0 Å². The Hall–Kier alpha value is -1.08. The maximum absolute atomic E-state index is 10.6. The molecular formula is C18H26O. The van der Waals surface area contributed by atoms with Crippen LogP contribution >= 0.6 is 0 Å². The molecule has 104 valence electrons. The highest BCUT2D eigenvalue weighted by Crippen LogP contribution is 2.36. The number of benzene rings is 1. The molecule has 1 nitrogen and oxygen atoms in total. The molecule has 0 saturated heterocycles. The largest absolute Gasteiger partial charge is 0.388 e. The molecule has 3 atom stereocenters. The van der Waals surface area contributed by atoms with Gasteiger partial charge in [0.1, 0.15) is 0 Å². The Morgan fingerprint density at radius 1 is 1.37 bits per heavy atom. The maximum Gasteiger partial charge on any atom is 0.0821 e. The summed E-state index contributed by atoms with van der Waals surface area (Å²) >= 11 is 0. The zero-order chi connectivity index (χ0) is 13.8. The number of aliphatic hydroxyl groups is 1. The number of allylic oxidation sites excluding steroid dienone is 2. The second kappa shape index (κ2) is 6.38. The summed E-state index contributed by atoms with van der Waals surface area (Å²) in [4.78, 5) is 0. The average molecular weight is 258 g/mol. The Kier molecular flexibility index (Phi) is 4.81. The van der Waals surface area contributed by atoms with Crippen molar-refractivity contribution in [1.29, 1.82) is 0 Å². The van der Waals surface area contributed by atoms with E-state index in [-0.39, 0.29) is 6.10 Å². The van der Waals surface area contributed by atoms with Gasteiger partial charge in [0.2, 0.25) is 0 Å². The average Bonchev–Trinajstić information content (AvgIpc) is 2.37. The van der Waals surface area contributed by atoms with Gasteiger partial charge in [-0.15, -0.1) is 0 Å². The number of rotatable bonds is 4. The van der Waals surface area contributed by atoms with Crippen LogP contribution in [0.4, 0.5) is 0 Å². The molecule has 0 radical (unpaired) electrons. The van der Waals surface area contributed by atoms with E-state index in [1.54, 1.807) is 0 Å². The van der Waals surface area contributed by atoms with E-state index in [4.69, 9.17) is 0 Å². The van der Waals surface area contributed by atoms with Crippen LogP contribution in [0.5, 0.6) is 0 Å². The summed E-state index contributed by atoms with van der Waals surface area (Å²) in [6.07, 6.45) is 6.40. The van der Waals surface area contributed by atoms with Gasteiger partial charge in [-0.25, -0.2) is 0 Å². The minimum Gasteiger partial charge on any atom is -0.388 e. The third-order valence-corrected chi connectivity index (χ3v) is 4.11. The van der Waals surface area contributed by atoms with Gasteiger partial charge in [-0.05, 0) is 49.1 Å². The normalized spacial score (nSPS) is 24.9. The van der Waals surface area contributed by atoms with Crippen molar-refractivity contribution in [1.82, 2.24) is 0 Å². The summed E-state index contributed by atoms with van der Waals surface area (Å²) in [5, 5.41) is 10.6. The topological polar surface area (TPSA) is 20.2 Å². The van der Waals surface area contributed by atoms with Crippen LogP contribution in [0.25, 0.3) is 0 Å². The van der Waals surface area contributed by atoms with E-state index < -0.39 is 0 Å². The Morgan fingerprint density at radius 3 is 2.84 bits per heavy atom. The molecule has 19 heavy (non-hydrogen) atoms. The van der Waals surface area contributed by atoms with Crippen molar-refractivity contribution >= 4 is 0 Å². The molecule has 1 N–H and O–H groups in total. The monoisotopic (exact) mass is 258 g/mol. The highest BCUT2D eigenvalue weighted by molar-refractivity contribution is 5.26. The van der Waals surface area contributed by atoms with Gasteiger partial charge < -0.3 is 5.11 Å². The first-order valence-corrected chi connectivity index (χ1v) is 7.54. The second-order valence-corrected chi connectivity index (χ2v) is 6.13. The summed E-state index contributed by atoms with van der Waals surface area (Å²) in [5.41, 5.74) is 3.86. The van der Waals surface area contributed by atoms with Crippen LogP contribution in [0.15, 0.2) is 35.9 Å². The smallest absolute Gasteiger partial charge is 0.0821 e. The molecule has 0 saturated carbocycles. The number of aliphatic hydroxyl groups excluding tert-OH is 1. The Labute approximate surface area is 117 Å². The van der Waals surface area contributed by atoms with E-state index in [9.17, 15) is 5.11 Å². The quantitative estimate of drug-likeness (QED) is 0.778. The summed E-state index contributed by atoms with van der Waals surface area (Å²) in [6.45, 7) is 6.62. The lowest BCUT2D eigenvalue weighted by Gasteiger charge is -2.29. The van der Waals surface area contributed by atoms with Gasteiger partial charge >= 0.3 is 0 Å². The summed E-state index contributed by atoms with van der Waals surface area (Å²) in [7, 11) is 0. The third-order valence-electron chi connectivity index (χ3n) is 4.11. The Morgan fingerprint density at radius 2 is 2.16 bits per heavy atom. The van der Waals surface area contributed by atoms with E-state index in [1.165, 1.54) is 11.1 Å². The fourth-order valence-corrected chi connectivity index (χ4v) is 3.33. The van der Waals surface area contributed by atoms with Crippen molar-refractivity contribution in [2.75, 3.05) is 0 Å². The molecule has 0 amide bonds. The minimum atomic E-state index is -0.317.